The Kier molecular flexibility index (Phi) is 4.72. The Morgan fingerprint density at radius 2 is 1.71 bits per heavy atom. The van der Waals surface area contributed by atoms with Crippen LogP contribution in [0.25, 0.3) is 0 Å². The van der Waals surface area contributed by atoms with Gasteiger partial charge in [0.2, 0.25) is 0 Å². The first kappa shape index (κ1) is 15.6. The van der Waals surface area contributed by atoms with Crippen LogP contribution in [0.2, 0.25) is 0 Å². The molecule has 0 aliphatic rings. The van der Waals surface area contributed by atoms with Crippen LogP contribution in [0.4, 0.5) is 23.2 Å². The van der Waals surface area contributed by atoms with Gasteiger partial charge in [0.1, 0.15) is 11.6 Å². The summed E-state index contributed by atoms with van der Waals surface area (Å²) in [4.78, 5) is 0. The molecule has 2 nitrogen and oxygen atoms in total. The number of nitrogens with one attached hydrogen (secondary N) is 1. The van der Waals surface area contributed by atoms with E-state index in [1.54, 1.807) is 12.1 Å². The van der Waals surface area contributed by atoms with Crippen molar-refractivity contribution in [3.05, 3.63) is 58.3 Å². The first-order valence-corrected chi connectivity index (χ1v) is 6.66. The van der Waals surface area contributed by atoms with Gasteiger partial charge in [-0.1, -0.05) is 6.07 Å². The van der Waals surface area contributed by atoms with Crippen LogP contribution in [0.15, 0.2) is 46.9 Å². The molecule has 0 saturated heterocycles. The van der Waals surface area contributed by atoms with Crippen molar-refractivity contribution < 1.29 is 22.3 Å². The fourth-order valence-corrected chi connectivity index (χ4v) is 2.05. The van der Waals surface area contributed by atoms with Crippen molar-refractivity contribution in [2.75, 3.05) is 5.32 Å². The van der Waals surface area contributed by atoms with Gasteiger partial charge in [-0.25, -0.2) is 4.39 Å². The number of alkyl halides is 3. The lowest BCUT2D eigenvalue weighted by Crippen LogP contribution is -2.17. The second-order valence-electron chi connectivity index (χ2n) is 4.17. The van der Waals surface area contributed by atoms with Gasteiger partial charge >= 0.3 is 6.36 Å². The highest BCUT2D eigenvalue weighted by Gasteiger charge is 2.30. The summed E-state index contributed by atoms with van der Waals surface area (Å²) in [7, 11) is 0. The molecule has 0 saturated carbocycles. The van der Waals surface area contributed by atoms with Crippen molar-refractivity contribution in [1.82, 2.24) is 0 Å². The Morgan fingerprint density at radius 1 is 1.05 bits per heavy atom. The molecule has 0 fully saturated rings. The minimum atomic E-state index is -4.70. The van der Waals surface area contributed by atoms with E-state index in [1.165, 1.54) is 30.3 Å². The molecule has 0 bridgehead atoms. The van der Waals surface area contributed by atoms with Gasteiger partial charge in [-0.15, -0.1) is 13.2 Å². The summed E-state index contributed by atoms with van der Waals surface area (Å²) in [5, 5.41) is 3.02. The summed E-state index contributed by atoms with van der Waals surface area (Å²) in [6, 6.07) is 9.96. The predicted octanol–water partition coefficient (Wildman–Crippen LogP) is 5.10. The summed E-state index contributed by atoms with van der Waals surface area (Å²) in [6.45, 7) is 0.415. The minimum absolute atomic E-state index is 0.280. The number of anilines is 1. The molecular weight excluding hydrogens is 354 g/mol. The molecule has 0 spiro atoms. The van der Waals surface area contributed by atoms with E-state index in [0.717, 1.165) is 5.56 Å². The van der Waals surface area contributed by atoms with E-state index in [0.29, 0.717) is 16.7 Å². The summed E-state index contributed by atoms with van der Waals surface area (Å²) in [6.07, 6.45) is -4.70. The minimum Gasteiger partial charge on any atom is -0.406 e. The monoisotopic (exact) mass is 363 g/mol. The van der Waals surface area contributed by atoms with E-state index in [1.807, 2.05) is 0 Å². The smallest absolute Gasteiger partial charge is 0.406 e. The third kappa shape index (κ3) is 4.93. The van der Waals surface area contributed by atoms with Crippen molar-refractivity contribution in [1.29, 1.82) is 0 Å². The normalized spacial score (nSPS) is 11.3. The van der Waals surface area contributed by atoms with Gasteiger partial charge in [-0.3, -0.25) is 0 Å². The van der Waals surface area contributed by atoms with Crippen LogP contribution < -0.4 is 10.1 Å². The third-order valence-electron chi connectivity index (χ3n) is 2.57. The topological polar surface area (TPSA) is 21.3 Å². The van der Waals surface area contributed by atoms with Crippen LogP contribution >= 0.6 is 15.9 Å². The summed E-state index contributed by atoms with van der Waals surface area (Å²) in [5.41, 5.74) is 1.46. The van der Waals surface area contributed by atoms with Gasteiger partial charge in [0.15, 0.2) is 0 Å². The summed E-state index contributed by atoms with van der Waals surface area (Å²) >= 11 is 3.08. The number of hydrogen-bond acceptors (Lipinski definition) is 2. The molecule has 0 atom stereocenters. The van der Waals surface area contributed by atoms with E-state index in [-0.39, 0.29) is 11.6 Å². The fourth-order valence-electron chi connectivity index (χ4n) is 1.63. The number of hydrogen-bond donors (Lipinski definition) is 1. The van der Waals surface area contributed by atoms with Crippen LogP contribution in [-0.2, 0) is 6.54 Å². The molecule has 0 unspecified atom stereocenters. The van der Waals surface area contributed by atoms with Crippen molar-refractivity contribution in [3.8, 4) is 5.75 Å². The maximum Gasteiger partial charge on any atom is 0.573 e. The molecule has 0 radical (unpaired) electrons. The summed E-state index contributed by atoms with van der Waals surface area (Å²) < 4.78 is 53.2. The van der Waals surface area contributed by atoms with Crippen molar-refractivity contribution in [2.24, 2.45) is 0 Å². The Bertz CT molecular complexity index is 613. The second-order valence-corrected chi connectivity index (χ2v) is 5.03. The van der Waals surface area contributed by atoms with Crippen LogP contribution in [0.3, 0.4) is 0 Å². The first-order valence-electron chi connectivity index (χ1n) is 5.87. The van der Waals surface area contributed by atoms with E-state index in [2.05, 4.69) is 26.0 Å². The molecule has 2 rings (SSSR count). The number of halogens is 5. The molecule has 2 aromatic carbocycles. The lowest BCUT2D eigenvalue weighted by Gasteiger charge is -2.10. The van der Waals surface area contributed by atoms with E-state index >= 15 is 0 Å². The molecule has 1 N–H and O–H groups in total. The molecule has 0 aliphatic heterocycles. The Hall–Kier alpha value is -1.76. The molecule has 0 aromatic heterocycles. The Morgan fingerprint density at radius 3 is 2.29 bits per heavy atom. The van der Waals surface area contributed by atoms with Gasteiger partial charge in [-0.05, 0) is 57.9 Å². The second kappa shape index (κ2) is 6.34. The zero-order valence-electron chi connectivity index (χ0n) is 10.5. The highest BCUT2D eigenvalue weighted by Crippen LogP contribution is 2.24. The van der Waals surface area contributed by atoms with Gasteiger partial charge in [-0.2, -0.15) is 0 Å². The molecular formula is C14H10BrF4NO. The quantitative estimate of drug-likeness (QED) is 0.763. The van der Waals surface area contributed by atoms with Crippen molar-refractivity contribution in [2.45, 2.75) is 12.9 Å². The highest BCUT2D eigenvalue weighted by molar-refractivity contribution is 9.10. The SMILES string of the molecule is Fc1ccc(CNc2ccc(OC(F)(F)F)cc2)cc1Br. The van der Waals surface area contributed by atoms with E-state index in [4.69, 9.17) is 0 Å². The third-order valence-corrected chi connectivity index (χ3v) is 3.18. The highest BCUT2D eigenvalue weighted by atomic mass is 79.9. The molecule has 0 heterocycles. The lowest BCUT2D eigenvalue weighted by molar-refractivity contribution is -0.274. The largest absolute Gasteiger partial charge is 0.573 e. The van der Waals surface area contributed by atoms with E-state index in [9.17, 15) is 17.6 Å². The number of benzene rings is 2. The average Bonchev–Trinajstić information content (AvgIpc) is 2.40. The molecule has 0 aliphatic carbocycles. The van der Waals surface area contributed by atoms with Crippen LogP contribution in [0.5, 0.6) is 5.75 Å². The standard InChI is InChI=1S/C14H10BrF4NO/c15-12-7-9(1-6-13(12)16)8-20-10-2-4-11(5-3-10)21-14(17,18)19/h1-7,20H,8H2. The zero-order valence-corrected chi connectivity index (χ0v) is 12.1. The number of ether oxygens (including phenoxy) is 1. The molecule has 7 heteroatoms. The predicted molar refractivity (Wildman–Crippen MR) is 74.6 cm³/mol. The maximum absolute atomic E-state index is 13.1. The van der Waals surface area contributed by atoms with Gasteiger partial charge in [0, 0.05) is 12.2 Å². The average molecular weight is 364 g/mol. The zero-order chi connectivity index (χ0) is 15.5. The Labute approximate surface area is 126 Å². The van der Waals surface area contributed by atoms with Crippen molar-refractivity contribution in [3.63, 3.8) is 0 Å². The fraction of sp³-hybridized carbons (Fsp3) is 0.143. The molecule has 112 valence electrons. The molecule has 2 aromatic rings. The van der Waals surface area contributed by atoms with Gasteiger partial charge < -0.3 is 10.1 Å². The lowest BCUT2D eigenvalue weighted by atomic mass is 10.2. The van der Waals surface area contributed by atoms with E-state index < -0.39 is 6.36 Å². The van der Waals surface area contributed by atoms with Crippen molar-refractivity contribution >= 4 is 21.6 Å². The first-order chi connectivity index (χ1) is 9.83. The molecule has 0 amide bonds. The number of rotatable bonds is 4. The Balaban J connectivity index is 1.96. The van der Waals surface area contributed by atoms with Crippen LogP contribution in [0.1, 0.15) is 5.56 Å². The summed E-state index contributed by atoms with van der Waals surface area (Å²) in [5.74, 6) is -0.634. The van der Waals surface area contributed by atoms with Gasteiger partial charge in [0.05, 0.1) is 4.47 Å². The van der Waals surface area contributed by atoms with Gasteiger partial charge in [0.25, 0.3) is 0 Å². The maximum atomic E-state index is 13.1. The van der Waals surface area contributed by atoms with Crippen LogP contribution in [0, 0.1) is 5.82 Å². The molecule has 21 heavy (non-hydrogen) atoms. The van der Waals surface area contributed by atoms with Crippen LogP contribution in [-0.4, -0.2) is 6.36 Å².